The molecule has 0 spiro atoms. The summed E-state index contributed by atoms with van der Waals surface area (Å²) in [5, 5.41) is 0. The molecule has 0 radical (unpaired) electrons. The third kappa shape index (κ3) is 7.86. The fourth-order valence-corrected chi connectivity index (χ4v) is 11.8. The molecule has 0 saturated carbocycles. The molecule has 8 heavy (non-hydrogen) atoms. The molecular formula is H4O2P2S4. The Hall–Kier alpha value is 1.86. The first-order valence-corrected chi connectivity index (χ1v) is 10.4. The molecule has 0 aromatic heterocycles. The van der Waals surface area contributed by atoms with Crippen LogP contribution in [0, 0.1) is 0 Å². The molecular weight excluding hydrogens is 222 g/mol. The van der Waals surface area contributed by atoms with Gasteiger partial charge in [-0.3, -0.25) is 0 Å². The Balaban J connectivity index is 3.18. The van der Waals surface area contributed by atoms with E-state index >= 15 is 0 Å². The van der Waals surface area contributed by atoms with Gasteiger partial charge >= 0.3 is 0 Å². The van der Waals surface area contributed by atoms with E-state index in [-0.39, 0.29) is 0 Å². The molecule has 0 aliphatic heterocycles. The van der Waals surface area contributed by atoms with Gasteiger partial charge in [0.25, 0.3) is 0 Å². The predicted octanol–water partition coefficient (Wildman–Crippen LogP) is 3.01. The molecule has 0 fully saturated rings. The number of thiol groups is 2. The van der Waals surface area contributed by atoms with Crippen molar-refractivity contribution in [2.45, 2.75) is 0 Å². The van der Waals surface area contributed by atoms with Gasteiger partial charge in [-0.15, -0.1) is 24.5 Å². The number of hydrogen-bond acceptors (Lipinski definition) is 4. The highest BCUT2D eigenvalue weighted by atomic mass is 33.6. The summed E-state index contributed by atoms with van der Waals surface area (Å²) in [6, 6.07) is 0. The van der Waals surface area contributed by atoms with Crippen LogP contribution < -0.4 is 0 Å². The summed E-state index contributed by atoms with van der Waals surface area (Å²) in [7, 11) is 2.05. The van der Waals surface area contributed by atoms with Crippen LogP contribution in [-0.2, 0) is 9.13 Å². The molecule has 2 nitrogen and oxygen atoms in total. The van der Waals surface area contributed by atoms with Crippen molar-refractivity contribution in [1.82, 2.24) is 0 Å². The Morgan fingerprint density at radius 2 is 1.25 bits per heavy atom. The van der Waals surface area contributed by atoms with Crippen LogP contribution in [0.3, 0.4) is 0 Å². The van der Waals surface area contributed by atoms with E-state index in [4.69, 9.17) is 0 Å². The maximum Gasteiger partial charge on any atom is 0.187 e. The highest BCUT2D eigenvalue weighted by Crippen LogP contribution is 2.61. The van der Waals surface area contributed by atoms with Crippen LogP contribution in [0.25, 0.3) is 0 Å². The predicted molar refractivity (Wildman–Crippen MR) is 51.2 cm³/mol. The fourth-order valence-electron chi connectivity index (χ4n) is 0.0713. The Kier molecular flexibility index (Phi) is 6.94. The Labute approximate surface area is 66.7 Å². The van der Waals surface area contributed by atoms with Crippen molar-refractivity contribution in [3.63, 3.8) is 0 Å². The number of rotatable bonds is 3. The Morgan fingerprint density at radius 3 is 1.38 bits per heavy atom. The lowest BCUT2D eigenvalue weighted by molar-refractivity contribution is 0.602. The molecule has 0 N–H and O–H groups in total. The minimum absolute atomic E-state index is 1.02. The van der Waals surface area contributed by atoms with E-state index < -0.39 is 12.4 Å². The maximum atomic E-state index is 10.2. The zero-order chi connectivity index (χ0) is 6.57. The van der Waals surface area contributed by atoms with Gasteiger partial charge in [0.15, 0.2) is 12.4 Å². The van der Waals surface area contributed by atoms with Crippen molar-refractivity contribution < 1.29 is 9.13 Å². The highest BCUT2D eigenvalue weighted by Gasteiger charge is 1.95. The molecule has 0 rings (SSSR count). The van der Waals surface area contributed by atoms with E-state index in [1.165, 1.54) is 0 Å². The summed E-state index contributed by atoms with van der Waals surface area (Å²) in [6.45, 7) is 0. The van der Waals surface area contributed by atoms with E-state index in [2.05, 4.69) is 24.5 Å². The molecule has 0 amide bonds. The van der Waals surface area contributed by atoms with Crippen LogP contribution in [0.2, 0.25) is 0 Å². The van der Waals surface area contributed by atoms with Crippen LogP contribution in [0.1, 0.15) is 0 Å². The minimum atomic E-state index is -1.83. The normalized spacial score (nSPS) is 17.8. The first-order chi connectivity index (χ1) is 3.63. The second-order valence-electron chi connectivity index (χ2n) is 0.698. The van der Waals surface area contributed by atoms with E-state index in [9.17, 15) is 9.13 Å². The molecule has 0 bridgehead atoms. The lowest BCUT2D eigenvalue weighted by Gasteiger charge is -1.87. The van der Waals surface area contributed by atoms with Crippen molar-refractivity contribution in [2.75, 3.05) is 0 Å². The first kappa shape index (κ1) is 9.86. The van der Waals surface area contributed by atoms with Crippen molar-refractivity contribution >= 4 is 57.7 Å². The smallest absolute Gasteiger partial charge is 0.187 e. The molecule has 2 unspecified atom stereocenters. The minimum Gasteiger partial charge on any atom is -0.303 e. The van der Waals surface area contributed by atoms with Crippen molar-refractivity contribution in [2.24, 2.45) is 0 Å². The Bertz CT molecular complexity index is 96.6. The third-order valence-electron chi connectivity index (χ3n) is 0.184. The van der Waals surface area contributed by atoms with Crippen molar-refractivity contribution in [3.8, 4) is 0 Å². The van der Waals surface area contributed by atoms with Crippen LogP contribution in [-0.4, -0.2) is 0 Å². The van der Waals surface area contributed by atoms with Crippen LogP contribution in [0.15, 0.2) is 0 Å². The molecule has 0 heterocycles. The van der Waals surface area contributed by atoms with Crippen LogP contribution >= 0.6 is 57.7 Å². The lowest BCUT2D eigenvalue weighted by Crippen LogP contribution is -1.24. The molecule has 50 valence electrons. The van der Waals surface area contributed by atoms with Gasteiger partial charge in [0.2, 0.25) is 0 Å². The summed E-state index contributed by atoms with van der Waals surface area (Å²) in [6.07, 6.45) is -3.66. The topological polar surface area (TPSA) is 34.1 Å². The van der Waals surface area contributed by atoms with Crippen molar-refractivity contribution in [3.05, 3.63) is 0 Å². The zero-order valence-corrected chi connectivity index (χ0v) is 8.95. The van der Waals surface area contributed by atoms with Crippen molar-refractivity contribution in [1.29, 1.82) is 0 Å². The maximum absolute atomic E-state index is 10.2. The summed E-state index contributed by atoms with van der Waals surface area (Å²) in [4.78, 5) is 0. The summed E-state index contributed by atoms with van der Waals surface area (Å²) in [5.74, 6) is 0. The van der Waals surface area contributed by atoms with Gasteiger partial charge < -0.3 is 9.13 Å². The quantitative estimate of drug-likeness (QED) is 0.440. The SMILES string of the molecule is O=[PH](S)SS[PH](=O)S. The fraction of sp³-hybridized carbons (Fsp3) is 0. The molecule has 2 atom stereocenters. The lowest BCUT2D eigenvalue weighted by atomic mass is 16.0. The molecule has 0 aromatic carbocycles. The Morgan fingerprint density at radius 1 is 1.00 bits per heavy atom. The highest BCUT2D eigenvalue weighted by molar-refractivity contribution is 9.21. The van der Waals surface area contributed by atoms with Gasteiger partial charge in [0.1, 0.15) is 0 Å². The molecule has 8 heteroatoms. The van der Waals surface area contributed by atoms with Gasteiger partial charge in [0, 0.05) is 0 Å². The van der Waals surface area contributed by atoms with Gasteiger partial charge in [-0.1, -0.05) is 0 Å². The van der Waals surface area contributed by atoms with Gasteiger partial charge in [-0.2, -0.15) is 0 Å². The summed E-state index contributed by atoms with van der Waals surface area (Å²) < 4.78 is 20.4. The van der Waals surface area contributed by atoms with Gasteiger partial charge in [-0.25, -0.2) is 0 Å². The number of hydrogen-bond donors (Lipinski definition) is 2. The van der Waals surface area contributed by atoms with E-state index in [0.717, 1.165) is 20.8 Å². The zero-order valence-electron chi connectivity index (χ0n) is 3.53. The monoisotopic (exact) mass is 226 g/mol. The summed E-state index contributed by atoms with van der Waals surface area (Å²) in [5.41, 5.74) is 0. The van der Waals surface area contributed by atoms with Crippen LogP contribution in [0.5, 0.6) is 0 Å². The average molecular weight is 226 g/mol. The van der Waals surface area contributed by atoms with Gasteiger partial charge in [-0.05, 0) is 20.8 Å². The largest absolute Gasteiger partial charge is 0.303 e. The third-order valence-corrected chi connectivity index (χ3v) is 11.2. The first-order valence-electron chi connectivity index (χ1n) is 1.43. The van der Waals surface area contributed by atoms with E-state index in [0.29, 0.717) is 0 Å². The molecule has 0 saturated heterocycles. The average Bonchev–Trinajstić information content (AvgIpc) is 1.61. The van der Waals surface area contributed by atoms with E-state index in [1.54, 1.807) is 0 Å². The van der Waals surface area contributed by atoms with Gasteiger partial charge in [0.05, 0.1) is 0 Å². The second kappa shape index (κ2) is 5.63. The standard InChI is InChI=1S/H4O2P2S4/c1-3(5)7-8-4(2)6/h3-4H,(H,1,5)(H,2,6). The molecule has 0 aromatic rings. The van der Waals surface area contributed by atoms with E-state index in [1.807, 2.05) is 0 Å². The molecule has 0 aliphatic rings. The van der Waals surface area contributed by atoms with Crippen LogP contribution in [0.4, 0.5) is 0 Å². The second-order valence-corrected chi connectivity index (χ2v) is 12.6. The molecule has 0 aliphatic carbocycles. The summed E-state index contributed by atoms with van der Waals surface area (Å²) >= 11 is 7.21.